The summed E-state index contributed by atoms with van der Waals surface area (Å²) in [5.41, 5.74) is 1.47. The first kappa shape index (κ1) is 17.6. The molecule has 3 rings (SSSR count). The van der Waals surface area contributed by atoms with Crippen LogP contribution in [-0.4, -0.2) is 31.9 Å². The van der Waals surface area contributed by atoms with Gasteiger partial charge in [-0.15, -0.1) is 0 Å². The SMILES string of the molecule is N#Cc1cccc(S(=O)(=O)N2CCC(OCc3ccccc3)CC2)c1. The minimum atomic E-state index is -3.56. The van der Waals surface area contributed by atoms with Crippen molar-refractivity contribution < 1.29 is 13.2 Å². The smallest absolute Gasteiger partial charge is 0.243 e. The molecule has 1 aliphatic heterocycles. The van der Waals surface area contributed by atoms with Crippen LogP contribution in [0.5, 0.6) is 0 Å². The van der Waals surface area contributed by atoms with Crippen molar-refractivity contribution in [1.29, 1.82) is 5.26 Å². The highest BCUT2D eigenvalue weighted by atomic mass is 32.2. The van der Waals surface area contributed by atoms with Crippen LogP contribution in [0.3, 0.4) is 0 Å². The normalized spacial score (nSPS) is 16.4. The van der Waals surface area contributed by atoms with Gasteiger partial charge in [-0.25, -0.2) is 8.42 Å². The van der Waals surface area contributed by atoms with Crippen LogP contribution in [0.4, 0.5) is 0 Å². The maximum absolute atomic E-state index is 12.7. The fourth-order valence-electron chi connectivity index (χ4n) is 2.90. The molecule has 0 amide bonds. The van der Waals surface area contributed by atoms with E-state index in [1.807, 2.05) is 36.4 Å². The highest BCUT2D eigenvalue weighted by Crippen LogP contribution is 2.23. The van der Waals surface area contributed by atoms with Crippen molar-refractivity contribution in [2.45, 2.75) is 30.4 Å². The van der Waals surface area contributed by atoms with E-state index in [1.54, 1.807) is 12.1 Å². The molecule has 5 nitrogen and oxygen atoms in total. The highest BCUT2D eigenvalue weighted by Gasteiger charge is 2.29. The molecule has 2 aromatic carbocycles. The second-order valence-electron chi connectivity index (χ2n) is 6.04. The summed E-state index contributed by atoms with van der Waals surface area (Å²) in [5, 5.41) is 8.95. The van der Waals surface area contributed by atoms with Gasteiger partial charge in [0.05, 0.1) is 29.2 Å². The summed E-state index contributed by atoms with van der Waals surface area (Å²) in [6.45, 7) is 1.40. The first-order valence-corrected chi connectivity index (χ1v) is 9.69. The average molecular weight is 356 g/mol. The molecule has 1 heterocycles. The minimum absolute atomic E-state index is 0.0668. The van der Waals surface area contributed by atoms with Gasteiger partial charge in [-0.05, 0) is 36.6 Å². The third-order valence-corrected chi connectivity index (χ3v) is 6.23. The van der Waals surface area contributed by atoms with E-state index in [4.69, 9.17) is 10.00 Å². The fraction of sp³-hybridized carbons (Fsp3) is 0.316. The molecule has 0 spiro atoms. The Balaban J connectivity index is 1.58. The molecule has 0 aromatic heterocycles. The van der Waals surface area contributed by atoms with Gasteiger partial charge >= 0.3 is 0 Å². The first-order chi connectivity index (χ1) is 12.1. The molecule has 6 heteroatoms. The second-order valence-corrected chi connectivity index (χ2v) is 7.98. The van der Waals surface area contributed by atoms with E-state index in [0.717, 1.165) is 5.56 Å². The summed E-state index contributed by atoms with van der Waals surface area (Å²) in [6, 6.07) is 18.1. The molecular formula is C19H20N2O3S. The zero-order valence-electron chi connectivity index (χ0n) is 13.8. The predicted molar refractivity (Wildman–Crippen MR) is 94.2 cm³/mol. The van der Waals surface area contributed by atoms with Crippen molar-refractivity contribution in [2.75, 3.05) is 13.1 Å². The van der Waals surface area contributed by atoms with E-state index in [2.05, 4.69) is 0 Å². The highest BCUT2D eigenvalue weighted by molar-refractivity contribution is 7.89. The standard InChI is InChI=1S/C19H20N2O3S/c20-14-17-7-4-8-19(13-17)25(22,23)21-11-9-18(10-12-21)24-15-16-5-2-1-3-6-16/h1-8,13,18H,9-12,15H2. The number of piperidine rings is 1. The Morgan fingerprint density at radius 3 is 2.48 bits per heavy atom. The van der Waals surface area contributed by atoms with Crippen LogP contribution in [-0.2, 0) is 21.4 Å². The zero-order valence-corrected chi connectivity index (χ0v) is 14.7. The van der Waals surface area contributed by atoms with Gasteiger partial charge in [0.1, 0.15) is 0 Å². The van der Waals surface area contributed by atoms with Crippen molar-refractivity contribution in [3.05, 3.63) is 65.7 Å². The molecule has 130 valence electrons. The van der Waals surface area contributed by atoms with Gasteiger partial charge in [-0.3, -0.25) is 0 Å². The maximum atomic E-state index is 12.7. The van der Waals surface area contributed by atoms with Crippen LogP contribution in [0, 0.1) is 11.3 Å². The lowest BCUT2D eigenvalue weighted by atomic mass is 10.1. The van der Waals surface area contributed by atoms with E-state index in [1.165, 1.54) is 16.4 Å². The lowest BCUT2D eigenvalue weighted by molar-refractivity contribution is 0.0102. The van der Waals surface area contributed by atoms with Crippen molar-refractivity contribution in [2.24, 2.45) is 0 Å². The van der Waals surface area contributed by atoms with Crippen LogP contribution < -0.4 is 0 Å². The van der Waals surface area contributed by atoms with E-state index in [0.29, 0.717) is 38.1 Å². The molecular weight excluding hydrogens is 336 g/mol. The molecule has 0 radical (unpaired) electrons. The molecule has 0 saturated carbocycles. The summed E-state index contributed by atoms with van der Waals surface area (Å²) >= 11 is 0. The number of nitrogens with zero attached hydrogens (tertiary/aromatic N) is 2. The van der Waals surface area contributed by atoms with E-state index >= 15 is 0 Å². The molecule has 0 atom stereocenters. The van der Waals surface area contributed by atoms with Crippen LogP contribution in [0.1, 0.15) is 24.0 Å². The average Bonchev–Trinajstić information content (AvgIpc) is 2.67. The minimum Gasteiger partial charge on any atom is -0.373 e. The van der Waals surface area contributed by atoms with E-state index in [9.17, 15) is 8.42 Å². The maximum Gasteiger partial charge on any atom is 0.243 e. The Morgan fingerprint density at radius 2 is 1.80 bits per heavy atom. The Labute approximate surface area is 148 Å². The topological polar surface area (TPSA) is 70.4 Å². The van der Waals surface area contributed by atoms with Crippen LogP contribution >= 0.6 is 0 Å². The molecule has 1 saturated heterocycles. The fourth-order valence-corrected chi connectivity index (χ4v) is 4.42. The van der Waals surface area contributed by atoms with Gasteiger partial charge < -0.3 is 4.74 Å². The Morgan fingerprint density at radius 1 is 1.08 bits per heavy atom. The van der Waals surface area contributed by atoms with E-state index in [-0.39, 0.29) is 11.0 Å². The summed E-state index contributed by atoms with van der Waals surface area (Å²) in [4.78, 5) is 0.176. The van der Waals surface area contributed by atoms with Gasteiger partial charge in [-0.1, -0.05) is 36.4 Å². The Hall–Kier alpha value is -2.20. The zero-order chi connectivity index (χ0) is 17.7. The van der Waals surface area contributed by atoms with Gasteiger partial charge in [0.2, 0.25) is 10.0 Å². The third kappa shape index (κ3) is 4.26. The van der Waals surface area contributed by atoms with Crippen molar-refractivity contribution >= 4 is 10.0 Å². The number of ether oxygens (including phenoxy) is 1. The molecule has 25 heavy (non-hydrogen) atoms. The summed E-state index contributed by atoms with van der Waals surface area (Å²) in [7, 11) is -3.56. The molecule has 0 unspecified atom stereocenters. The molecule has 2 aromatic rings. The third-order valence-electron chi connectivity index (χ3n) is 4.33. The van der Waals surface area contributed by atoms with Crippen molar-refractivity contribution in [3.8, 4) is 6.07 Å². The summed E-state index contributed by atoms with van der Waals surface area (Å²) in [6.07, 6.45) is 1.41. The van der Waals surface area contributed by atoms with Crippen LogP contribution in [0.15, 0.2) is 59.5 Å². The number of sulfonamides is 1. The predicted octanol–water partition coefficient (Wildman–Crippen LogP) is 2.93. The number of rotatable bonds is 5. The Bertz CT molecular complexity index is 852. The lowest BCUT2D eigenvalue weighted by Crippen LogP contribution is -2.40. The quantitative estimate of drug-likeness (QED) is 0.826. The Kier molecular flexibility index (Phi) is 5.49. The number of hydrogen-bond donors (Lipinski definition) is 0. The molecule has 0 bridgehead atoms. The molecule has 1 aliphatic rings. The van der Waals surface area contributed by atoms with Gasteiger partial charge in [-0.2, -0.15) is 9.57 Å². The molecule has 0 N–H and O–H groups in total. The number of benzene rings is 2. The first-order valence-electron chi connectivity index (χ1n) is 8.25. The number of hydrogen-bond acceptors (Lipinski definition) is 4. The van der Waals surface area contributed by atoms with Crippen LogP contribution in [0.2, 0.25) is 0 Å². The number of nitriles is 1. The summed E-state index contributed by atoms with van der Waals surface area (Å²) in [5.74, 6) is 0. The van der Waals surface area contributed by atoms with Gasteiger partial charge in [0.15, 0.2) is 0 Å². The monoisotopic (exact) mass is 356 g/mol. The molecule has 1 fully saturated rings. The van der Waals surface area contributed by atoms with Gasteiger partial charge in [0, 0.05) is 13.1 Å². The molecule has 0 aliphatic carbocycles. The summed E-state index contributed by atoms with van der Waals surface area (Å²) < 4.78 is 32.8. The van der Waals surface area contributed by atoms with Crippen molar-refractivity contribution in [1.82, 2.24) is 4.31 Å². The van der Waals surface area contributed by atoms with E-state index < -0.39 is 10.0 Å². The van der Waals surface area contributed by atoms with Crippen LogP contribution in [0.25, 0.3) is 0 Å². The second kappa shape index (κ2) is 7.79. The largest absolute Gasteiger partial charge is 0.373 e. The lowest BCUT2D eigenvalue weighted by Gasteiger charge is -2.31. The van der Waals surface area contributed by atoms with Gasteiger partial charge in [0.25, 0.3) is 0 Å². The van der Waals surface area contributed by atoms with Crippen molar-refractivity contribution in [3.63, 3.8) is 0 Å².